The van der Waals surface area contributed by atoms with Crippen molar-refractivity contribution in [3.05, 3.63) is 0 Å². The van der Waals surface area contributed by atoms with Gasteiger partial charge in [-0.2, -0.15) is 0 Å². The van der Waals surface area contributed by atoms with Gasteiger partial charge in [0.2, 0.25) is 5.91 Å². The molecule has 1 unspecified atom stereocenters. The van der Waals surface area contributed by atoms with E-state index in [9.17, 15) is 4.79 Å². The smallest absolute Gasteiger partial charge is 0.237 e. The SMILES string of the molecule is COCC(C)CNC(=O)[C@@H](N)C(C)C. The minimum atomic E-state index is -0.412. The summed E-state index contributed by atoms with van der Waals surface area (Å²) >= 11 is 0. The number of carbonyl (C=O) groups is 1. The second-order valence-electron chi connectivity index (χ2n) is 4.08. The van der Waals surface area contributed by atoms with Gasteiger partial charge in [-0.3, -0.25) is 4.79 Å². The van der Waals surface area contributed by atoms with E-state index in [1.54, 1.807) is 7.11 Å². The molecule has 0 aliphatic heterocycles. The number of methoxy groups -OCH3 is 1. The lowest BCUT2D eigenvalue weighted by molar-refractivity contribution is -0.123. The lowest BCUT2D eigenvalue weighted by Crippen LogP contribution is -2.45. The number of nitrogens with one attached hydrogen (secondary N) is 1. The third-order valence-corrected chi connectivity index (χ3v) is 2.10. The maximum Gasteiger partial charge on any atom is 0.237 e. The van der Waals surface area contributed by atoms with Crippen LogP contribution in [0.25, 0.3) is 0 Å². The summed E-state index contributed by atoms with van der Waals surface area (Å²) < 4.78 is 4.96. The standard InChI is InChI=1S/C10H22N2O2/c1-7(2)9(11)10(13)12-5-8(3)6-14-4/h7-9H,5-6,11H2,1-4H3,(H,12,13)/t8?,9-/m0/s1. The normalized spacial score (nSPS) is 15.3. The second-order valence-corrected chi connectivity index (χ2v) is 4.08. The fraction of sp³-hybridized carbons (Fsp3) is 0.900. The van der Waals surface area contributed by atoms with Crippen LogP contribution in [0.5, 0.6) is 0 Å². The lowest BCUT2D eigenvalue weighted by Gasteiger charge is -2.17. The first-order valence-electron chi connectivity index (χ1n) is 5.01. The molecule has 0 spiro atoms. The predicted octanol–water partition coefficient (Wildman–Crippen LogP) is 0.368. The molecule has 0 saturated heterocycles. The van der Waals surface area contributed by atoms with Crippen LogP contribution in [0, 0.1) is 11.8 Å². The van der Waals surface area contributed by atoms with E-state index < -0.39 is 6.04 Å². The topological polar surface area (TPSA) is 64.3 Å². The van der Waals surface area contributed by atoms with Crippen molar-refractivity contribution in [3.63, 3.8) is 0 Å². The molecule has 0 aliphatic carbocycles. The Labute approximate surface area is 86.2 Å². The van der Waals surface area contributed by atoms with Crippen LogP contribution in [0.1, 0.15) is 20.8 Å². The van der Waals surface area contributed by atoms with Crippen molar-refractivity contribution >= 4 is 5.91 Å². The van der Waals surface area contributed by atoms with Gasteiger partial charge in [-0.25, -0.2) is 0 Å². The summed E-state index contributed by atoms with van der Waals surface area (Å²) in [6.45, 7) is 7.15. The first-order chi connectivity index (χ1) is 6.49. The van der Waals surface area contributed by atoms with Crippen LogP contribution in [0.15, 0.2) is 0 Å². The second kappa shape index (κ2) is 6.79. The monoisotopic (exact) mass is 202 g/mol. The molecule has 1 amide bonds. The van der Waals surface area contributed by atoms with Crippen molar-refractivity contribution in [1.29, 1.82) is 0 Å². The molecule has 0 rings (SSSR count). The van der Waals surface area contributed by atoms with E-state index in [0.717, 1.165) is 0 Å². The Bertz CT molecular complexity index is 172. The van der Waals surface area contributed by atoms with Crippen LogP contribution in [0.4, 0.5) is 0 Å². The molecule has 0 aromatic rings. The fourth-order valence-corrected chi connectivity index (χ4v) is 1.04. The molecule has 0 aliphatic rings. The van der Waals surface area contributed by atoms with Crippen molar-refractivity contribution in [2.45, 2.75) is 26.8 Å². The van der Waals surface area contributed by atoms with Gasteiger partial charge in [0.15, 0.2) is 0 Å². The average Bonchev–Trinajstić information content (AvgIpc) is 2.13. The molecule has 0 aromatic carbocycles. The van der Waals surface area contributed by atoms with E-state index in [2.05, 4.69) is 5.32 Å². The summed E-state index contributed by atoms with van der Waals surface area (Å²) in [4.78, 5) is 11.4. The quantitative estimate of drug-likeness (QED) is 0.654. The average molecular weight is 202 g/mol. The Kier molecular flexibility index (Phi) is 6.49. The zero-order valence-electron chi connectivity index (χ0n) is 9.54. The highest BCUT2D eigenvalue weighted by Gasteiger charge is 2.17. The molecular formula is C10H22N2O2. The Morgan fingerprint density at radius 2 is 2.00 bits per heavy atom. The van der Waals surface area contributed by atoms with Crippen LogP contribution in [0.2, 0.25) is 0 Å². The molecule has 2 atom stereocenters. The molecule has 0 fully saturated rings. The van der Waals surface area contributed by atoms with Crippen molar-refractivity contribution < 1.29 is 9.53 Å². The highest BCUT2D eigenvalue weighted by Crippen LogP contribution is 1.98. The third kappa shape index (κ3) is 5.19. The Morgan fingerprint density at radius 1 is 1.43 bits per heavy atom. The van der Waals surface area contributed by atoms with Crippen LogP contribution < -0.4 is 11.1 Å². The zero-order valence-corrected chi connectivity index (χ0v) is 9.54. The predicted molar refractivity (Wildman–Crippen MR) is 56.9 cm³/mol. The van der Waals surface area contributed by atoms with E-state index >= 15 is 0 Å². The summed E-state index contributed by atoms with van der Waals surface area (Å²) in [5.41, 5.74) is 5.68. The number of hydrogen-bond acceptors (Lipinski definition) is 3. The fourth-order valence-electron chi connectivity index (χ4n) is 1.04. The Hall–Kier alpha value is -0.610. The number of carbonyl (C=O) groups excluding carboxylic acids is 1. The van der Waals surface area contributed by atoms with Crippen LogP contribution in [-0.2, 0) is 9.53 Å². The minimum Gasteiger partial charge on any atom is -0.384 e. The molecule has 0 aromatic heterocycles. The minimum absolute atomic E-state index is 0.0806. The third-order valence-electron chi connectivity index (χ3n) is 2.10. The highest BCUT2D eigenvalue weighted by molar-refractivity contribution is 5.81. The molecule has 0 bridgehead atoms. The van der Waals surface area contributed by atoms with E-state index in [1.165, 1.54) is 0 Å². The summed E-state index contributed by atoms with van der Waals surface area (Å²) in [6, 6.07) is -0.412. The molecule has 0 saturated carbocycles. The van der Waals surface area contributed by atoms with Crippen molar-refractivity contribution in [3.8, 4) is 0 Å². The van der Waals surface area contributed by atoms with Gasteiger partial charge in [-0.05, 0) is 11.8 Å². The van der Waals surface area contributed by atoms with Gasteiger partial charge in [0, 0.05) is 13.7 Å². The first kappa shape index (κ1) is 13.4. The lowest BCUT2D eigenvalue weighted by atomic mass is 10.0. The molecule has 4 heteroatoms. The van der Waals surface area contributed by atoms with Gasteiger partial charge < -0.3 is 15.8 Å². The van der Waals surface area contributed by atoms with E-state index in [0.29, 0.717) is 19.1 Å². The van der Waals surface area contributed by atoms with Gasteiger partial charge >= 0.3 is 0 Å². The molecule has 4 nitrogen and oxygen atoms in total. The zero-order chi connectivity index (χ0) is 11.1. The molecule has 0 radical (unpaired) electrons. The van der Waals surface area contributed by atoms with Gasteiger partial charge in [-0.15, -0.1) is 0 Å². The van der Waals surface area contributed by atoms with Gasteiger partial charge in [0.25, 0.3) is 0 Å². The van der Waals surface area contributed by atoms with Crippen LogP contribution >= 0.6 is 0 Å². The summed E-state index contributed by atoms with van der Waals surface area (Å²) in [6.07, 6.45) is 0. The number of hydrogen-bond donors (Lipinski definition) is 2. The van der Waals surface area contributed by atoms with Crippen molar-refractivity contribution in [2.24, 2.45) is 17.6 Å². The van der Waals surface area contributed by atoms with Gasteiger partial charge in [0.1, 0.15) is 0 Å². The number of amides is 1. The summed E-state index contributed by atoms with van der Waals surface area (Å²) in [5, 5.41) is 2.80. The number of rotatable bonds is 6. The van der Waals surface area contributed by atoms with Crippen molar-refractivity contribution in [1.82, 2.24) is 5.32 Å². The van der Waals surface area contributed by atoms with Gasteiger partial charge in [0.05, 0.1) is 12.6 Å². The molecule has 84 valence electrons. The largest absolute Gasteiger partial charge is 0.384 e. The van der Waals surface area contributed by atoms with Crippen LogP contribution in [-0.4, -0.2) is 32.2 Å². The highest BCUT2D eigenvalue weighted by atomic mass is 16.5. The summed E-state index contributed by atoms with van der Waals surface area (Å²) in [7, 11) is 1.65. The van der Waals surface area contributed by atoms with E-state index in [1.807, 2.05) is 20.8 Å². The molecule has 0 heterocycles. The Balaban J connectivity index is 3.73. The number of nitrogens with two attached hydrogens (primary N) is 1. The van der Waals surface area contributed by atoms with Crippen LogP contribution in [0.3, 0.4) is 0 Å². The summed E-state index contributed by atoms with van der Waals surface area (Å²) in [5.74, 6) is 0.416. The van der Waals surface area contributed by atoms with Crippen molar-refractivity contribution in [2.75, 3.05) is 20.3 Å². The van der Waals surface area contributed by atoms with E-state index in [-0.39, 0.29) is 11.8 Å². The number of ether oxygens (including phenoxy) is 1. The maximum atomic E-state index is 11.4. The van der Waals surface area contributed by atoms with Gasteiger partial charge in [-0.1, -0.05) is 20.8 Å². The maximum absolute atomic E-state index is 11.4. The molecule has 3 N–H and O–H groups in total. The van der Waals surface area contributed by atoms with E-state index in [4.69, 9.17) is 10.5 Å². The first-order valence-corrected chi connectivity index (χ1v) is 5.01. The Morgan fingerprint density at radius 3 is 2.43 bits per heavy atom. The molecular weight excluding hydrogens is 180 g/mol. The molecule has 14 heavy (non-hydrogen) atoms.